The number of esters is 1. The quantitative estimate of drug-likeness (QED) is 0.511. The molecule has 0 spiro atoms. The minimum atomic E-state index is -0.0430. The molecule has 76 valence electrons. The van der Waals surface area contributed by atoms with E-state index in [9.17, 15) is 4.79 Å². The van der Waals surface area contributed by atoms with Gasteiger partial charge in [-0.25, -0.2) is 0 Å². The summed E-state index contributed by atoms with van der Waals surface area (Å²) in [5, 5.41) is 0.267. The fourth-order valence-electron chi connectivity index (χ4n) is 1.62. The average molecular weight is 205 g/mol. The van der Waals surface area contributed by atoms with Crippen molar-refractivity contribution >= 4 is 17.6 Å². The Morgan fingerprint density at radius 3 is 2.31 bits per heavy atom. The molecule has 1 aliphatic carbocycles. The van der Waals surface area contributed by atoms with Crippen molar-refractivity contribution in [3.05, 3.63) is 0 Å². The summed E-state index contributed by atoms with van der Waals surface area (Å²) in [7, 11) is 0. The molecule has 0 aromatic carbocycles. The number of alkyl halides is 1. The Kier molecular flexibility index (Phi) is 4.04. The summed E-state index contributed by atoms with van der Waals surface area (Å²) < 4.78 is 5.14. The van der Waals surface area contributed by atoms with Gasteiger partial charge in [-0.3, -0.25) is 4.79 Å². The van der Waals surface area contributed by atoms with Crippen LogP contribution in [0.3, 0.4) is 0 Å². The van der Waals surface area contributed by atoms with Crippen LogP contribution < -0.4 is 0 Å². The Bertz CT molecular complexity index is 172. The van der Waals surface area contributed by atoms with Crippen molar-refractivity contribution in [1.29, 1.82) is 0 Å². The van der Waals surface area contributed by atoms with Crippen molar-refractivity contribution in [2.24, 2.45) is 5.92 Å². The van der Waals surface area contributed by atoms with E-state index in [1.54, 1.807) is 0 Å². The largest absolute Gasteiger partial charge is 0.463 e. The standard InChI is InChI=1S/C10H17ClO2/c1-7(2)13-10(12)8-3-5-9(11)6-4-8/h7-9H,3-6H2,1-2H3. The van der Waals surface area contributed by atoms with Crippen LogP contribution in [0.2, 0.25) is 0 Å². The van der Waals surface area contributed by atoms with Crippen molar-refractivity contribution in [3.8, 4) is 0 Å². The van der Waals surface area contributed by atoms with Gasteiger partial charge in [-0.1, -0.05) is 0 Å². The molecule has 1 fully saturated rings. The number of halogens is 1. The third kappa shape index (κ3) is 3.55. The van der Waals surface area contributed by atoms with Crippen molar-refractivity contribution in [2.75, 3.05) is 0 Å². The van der Waals surface area contributed by atoms with E-state index in [1.807, 2.05) is 13.8 Å². The SMILES string of the molecule is CC(C)OC(=O)C1CCC(Cl)CC1. The molecule has 3 heteroatoms. The van der Waals surface area contributed by atoms with E-state index >= 15 is 0 Å². The zero-order valence-corrected chi connectivity index (χ0v) is 9.01. The highest BCUT2D eigenvalue weighted by molar-refractivity contribution is 6.20. The van der Waals surface area contributed by atoms with Gasteiger partial charge in [-0.2, -0.15) is 0 Å². The number of hydrogen-bond donors (Lipinski definition) is 0. The lowest BCUT2D eigenvalue weighted by atomic mass is 9.89. The Morgan fingerprint density at radius 1 is 1.31 bits per heavy atom. The summed E-state index contributed by atoms with van der Waals surface area (Å²) >= 11 is 5.94. The molecule has 13 heavy (non-hydrogen) atoms. The van der Waals surface area contributed by atoms with Gasteiger partial charge in [0.2, 0.25) is 0 Å². The number of rotatable bonds is 2. The van der Waals surface area contributed by atoms with Crippen LogP contribution in [-0.2, 0) is 9.53 Å². The van der Waals surface area contributed by atoms with Gasteiger partial charge < -0.3 is 4.74 Å². The van der Waals surface area contributed by atoms with Gasteiger partial charge in [0.05, 0.1) is 12.0 Å². The average Bonchev–Trinajstić information content (AvgIpc) is 2.04. The van der Waals surface area contributed by atoms with Gasteiger partial charge in [0.25, 0.3) is 0 Å². The first-order valence-corrected chi connectivity index (χ1v) is 5.37. The molecule has 0 unspecified atom stereocenters. The van der Waals surface area contributed by atoms with Crippen LogP contribution in [0.4, 0.5) is 0 Å². The maximum absolute atomic E-state index is 11.4. The smallest absolute Gasteiger partial charge is 0.309 e. The maximum atomic E-state index is 11.4. The summed E-state index contributed by atoms with van der Waals surface area (Å²) in [4.78, 5) is 11.4. The molecular formula is C10H17ClO2. The van der Waals surface area contributed by atoms with Crippen LogP contribution in [-0.4, -0.2) is 17.5 Å². The number of carbonyl (C=O) groups excluding carboxylic acids is 1. The number of ether oxygens (including phenoxy) is 1. The van der Waals surface area contributed by atoms with Gasteiger partial charge >= 0.3 is 5.97 Å². The van der Waals surface area contributed by atoms with Gasteiger partial charge in [-0.05, 0) is 39.5 Å². The Balaban J connectivity index is 2.31. The summed E-state index contributed by atoms with van der Waals surface area (Å²) in [5.41, 5.74) is 0. The summed E-state index contributed by atoms with van der Waals surface area (Å²) in [6.45, 7) is 3.76. The van der Waals surface area contributed by atoms with Crippen LogP contribution >= 0.6 is 11.6 Å². The molecule has 0 amide bonds. The van der Waals surface area contributed by atoms with Crippen molar-refractivity contribution in [3.63, 3.8) is 0 Å². The van der Waals surface area contributed by atoms with Crippen LogP contribution in [0.5, 0.6) is 0 Å². The van der Waals surface area contributed by atoms with E-state index in [1.165, 1.54) is 0 Å². The van der Waals surface area contributed by atoms with E-state index in [2.05, 4.69) is 0 Å². The molecular weight excluding hydrogens is 188 g/mol. The zero-order chi connectivity index (χ0) is 9.84. The maximum Gasteiger partial charge on any atom is 0.309 e. The number of hydrogen-bond acceptors (Lipinski definition) is 2. The van der Waals surface area contributed by atoms with E-state index < -0.39 is 0 Å². The minimum absolute atomic E-state index is 0.00113. The molecule has 1 rings (SSSR count). The second kappa shape index (κ2) is 4.85. The molecule has 1 saturated carbocycles. The molecule has 0 aromatic rings. The van der Waals surface area contributed by atoms with Crippen molar-refractivity contribution in [1.82, 2.24) is 0 Å². The van der Waals surface area contributed by atoms with Gasteiger partial charge in [0.1, 0.15) is 0 Å². The molecule has 0 N–H and O–H groups in total. The normalized spacial score (nSPS) is 28.9. The van der Waals surface area contributed by atoms with Crippen molar-refractivity contribution in [2.45, 2.75) is 51.0 Å². The fourth-order valence-corrected chi connectivity index (χ4v) is 1.87. The first-order valence-electron chi connectivity index (χ1n) is 4.94. The minimum Gasteiger partial charge on any atom is -0.463 e. The highest BCUT2D eigenvalue weighted by Crippen LogP contribution is 2.28. The molecule has 0 heterocycles. The van der Waals surface area contributed by atoms with Gasteiger partial charge in [0.15, 0.2) is 0 Å². The summed E-state index contributed by atoms with van der Waals surface area (Å²) in [6.07, 6.45) is 3.67. The first-order chi connectivity index (χ1) is 6.09. The Hall–Kier alpha value is -0.240. The molecule has 0 atom stereocenters. The third-order valence-corrected chi connectivity index (χ3v) is 2.78. The number of carbonyl (C=O) groups is 1. The molecule has 1 aliphatic rings. The third-order valence-electron chi connectivity index (χ3n) is 2.34. The monoisotopic (exact) mass is 204 g/mol. The molecule has 0 radical (unpaired) electrons. The van der Waals surface area contributed by atoms with Crippen molar-refractivity contribution < 1.29 is 9.53 Å². The van der Waals surface area contributed by atoms with Crippen LogP contribution in [0.25, 0.3) is 0 Å². The lowest BCUT2D eigenvalue weighted by Crippen LogP contribution is -2.25. The molecule has 0 aliphatic heterocycles. The summed E-state index contributed by atoms with van der Waals surface area (Å²) in [6, 6.07) is 0. The molecule has 0 saturated heterocycles. The van der Waals surface area contributed by atoms with Crippen LogP contribution in [0.15, 0.2) is 0 Å². The predicted molar refractivity (Wildman–Crippen MR) is 52.8 cm³/mol. The predicted octanol–water partition coefficient (Wildman–Crippen LogP) is 2.74. The fraction of sp³-hybridized carbons (Fsp3) is 0.900. The molecule has 2 nitrogen and oxygen atoms in total. The molecule has 0 bridgehead atoms. The van der Waals surface area contributed by atoms with Crippen LogP contribution in [0, 0.1) is 5.92 Å². The zero-order valence-electron chi connectivity index (χ0n) is 8.25. The Morgan fingerprint density at radius 2 is 1.85 bits per heavy atom. The van der Waals surface area contributed by atoms with Gasteiger partial charge in [-0.15, -0.1) is 11.6 Å². The second-order valence-corrected chi connectivity index (χ2v) is 4.55. The summed E-state index contributed by atoms with van der Waals surface area (Å²) in [5.74, 6) is 0.0518. The van der Waals surface area contributed by atoms with Crippen LogP contribution in [0.1, 0.15) is 39.5 Å². The van der Waals surface area contributed by atoms with E-state index in [0.717, 1.165) is 25.7 Å². The topological polar surface area (TPSA) is 26.3 Å². The molecule has 0 aromatic heterocycles. The Labute approximate surface area is 84.6 Å². The highest BCUT2D eigenvalue weighted by atomic mass is 35.5. The second-order valence-electron chi connectivity index (χ2n) is 3.93. The van der Waals surface area contributed by atoms with E-state index in [4.69, 9.17) is 16.3 Å². The van der Waals surface area contributed by atoms with E-state index in [0.29, 0.717) is 0 Å². The highest BCUT2D eigenvalue weighted by Gasteiger charge is 2.26. The van der Waals surface area contributed by atoms with E-state index in [-0.39, 0.29) is 23.4 Å². The van der Waals surface area contributed by atoms with Gasteiger partial charge in [0, 0.05) is 5.38 Å². The first kappa shape index (κ1) is 10.8. The lowest BCUT2D eigenvalue weighted by Gasteiger charge is -2.24. The lowest BCUT2D eigenvalue weighted by molar-refractivity contribution is -0.153.